The van der Waals surface area contributed by atoms with E-state index in [4.69, 9.17) is 15.3 Å². The molecule has 8 atom stereocenters. The fraction of sp³-hybridized carbons (Fsp3) is 0.853. The number of amides is 1. The quantitative estimate of drug-likeness (QED) is 0.262. The lowest BCUT2D eigenvalue weighted by Gasteiger charge is -2.58. The molecule has 5 nitrogen and oxygen atoms in total. The Morgan fingerprint density at radius 3 is 2.41 bits per heavy atom. The van der Waals surface area contributed by atoms with Crippen LogP contribution in [0.5, 0.6) is 0 Å². The van der Waals surface area contributed by atoms with Gasteiger partial charge in [0.1, 0.15) is 6.10 Å². The number of carbonyl (C=O) groups excluding carboxylic acids is 1. The molecule has 39 heavy (non-hydrogen) atoms. The molecule has 0 aromatic rings. The second-order valence-electron chi connectivity index (χ2n) is 14.3. The number of rotatable bonds is 10. The molecule has 1 amide bonds. The summed E-state index contributed by atoms with van der Waals surface area (Å²) in [7, 11) is 0. The molecule has 5 heteroatoms. The van der Waals surface area contributed by atoms with Crippen LogP contribution in [-0.4, -0.2) is 30.2 Å². The molecule has 0 N–H and O–H groups in total. The average Bonchev–Trinajstić information content (AvgIpc) is 3.26. The van der Waals surface area contributed by atoms with Crippen molar-refractivity contribution in [2.75, 3.05) is 13.1 Å². The van der Waals surface area contributed by atoms with E-state index >= 15 is 0 Å². The van der Waals surface area contributed by atoms with Crippen LogP contribution in [0.15, 0.2) is 11.6 Å². The van der Waals surface area contributed by atoms with Crippen molar-refractivity contribution in [1.82, 2.24) is 4.90 Å². The highest BCUT2D eigenvalue weighted by molar-refractivity contribution is 5.68. The Morgan fingerprint density at radius 1 is 1.03 bits per heavy atom. The Kier molecular flexibility index (Phi) is 9.73. The van der Waals surface area contributed by atoms with Gasteiger partial charge in [0, 0.05) is 19.5 Å². The molecule has 0 saturated heterocycles. The molecule has 0 heterocycles. The monoisotopic (exact) mass is 535 g/mol. The Balaban J connectivity index is 1.40. The summed E-state index contributed by atoms with van der Waals surface area (Å²) in [5, 5.41) is 17.9. The van der Waals surface area contributed by atoms with Crippen molar-refractivity contribution in [2.45, 2.75) is 124 Å². The van der Waals surface area contributed by atoms with Gasteiger partial charge in [-0.2, -0.15) is 10.5 Å². The summed E-state index contributed by atoms with van der Waals surface area (Å²) in [6.07, 6.45) is 16.3. The number of carbonyl (C=O) groups is 1. The second kappa shape index (κ2) is 12.7. The third kappa shape index (κ3) is 6.19. The molecule has 4 aliphatic rings. The van der Waals surface area contributed by atoms with Gasteiger partial charge in [0.15, 0.2) is 0 Å². The normalized spacial score (nSPS) is 36.0. The maximum absolute atomic E-state index is 12.9. The van der Waals surface area contributed by atoms with E-state index in [9.17, 15) is 4.79 Å². The van der Waals surface area contributed by atoms with Gasteiger partial charge in [-0.3, -0.25) is 0 Å². The number of allylic oxidation sites excluding steroid dienone is 1. The highest BCUT2D eigenvalue weighted by Gasteiger charge is 2.59. The Labute approximate surface area is 238 Å². The van der Waals surface area contributed by atoms with E-state index in [1.54, 1.807) is 0 Å². The molecule has 0 radical (unpaired) electrons. The van der Waals surface area contributed by atoms with Gasteiger partial charge in [-0.25, -0.2) is 4.79 Å². The fourth-order valence-corrected chi connectivity index (χ4v) is 9.63. The predicted molar refractivity (Wildman–Crippen MR) is 155 cm³/mol. The van der Waals surface area contributed by atoms with Crippen LogP contribution >= 0.6 is 0 Å². The van der Waals surface area contributed by atoms with Gasteiger partial charge < -0.3 is 9.64 Å². The summed E-state index contributed by atoms with van der Waals surface area (Å²) in [6.45, 7) is 13.1. The van der Waals surface area contributed by atoms with E-state index in [0.717, 1.165) is 54.8 Å². The minimum Gasteiger partial charge on any atom is -0.446 e. The summed E-state index contributed by atoms with van der Waals surface area (Å²) in [4.78, 5) is 14.4. The van der Waals surface area contributed by atoms with Crippen LogP contribution < -0.4 is 0 Å². The molecular weight excluding hydrogens is 482 g/mol. The predicted octanol–water partition coefficient (Wildman–Crippen LogP) is 8.66. The van der Waals surface area contributed by atoms with Crippen molar-refractivity contribution in [3.63, 3.8) is 0 Å². The standard InChI is InChI=1S/C34H53N3O2/c1-24(2)9-6-10-25(3)29-13-14-30-28-12-11-26-23-27(39-32(38)37(21-7-19-35)22-8-20-36)15-17-33(26,4)31(28)16-18-34(29,30)5/h11,24-25,27-31H,6-10,12-18,21-23H2,1-5H3/t25-,27+,28+,29-,30+,31+,33+,34-/m1/s1. The summed E-state index contributed by atoms with van der Waals surface area (Å²) in [5.74, 6) is 4.95. The summed E-state index contributed by atoms with van der Waals surface area (Å²) in [6, 6.07) is 4.20. The van der Waals surface area contributed by atoms with Crippen LogP contribution in [0, 0.1) is 69.0 Å². The van der Waals surface area contributed by atoms with Gasteiger partial charge in [-0.05, 0) is 91.3 Å². The first-order valence-electron chi connectivity index (χ1n) is 16.0. The zero-order chi connectivity index (χ0) is 28.2. The topological polar surface area (TPSA) is 77.1 Å². The van der Waals surface area contributed by atoms with Crippen molar-refractivity contribution in [3.05, 3.63) is 11.6 Å². The Bertz CT molecular complexity index is 958. The van der Waals surface area contributed by atoms with Crippen molar-refractivity contribution in [1.29, 1.82) is 10.5 Å². The van der Waals surface area contributed by atoms with Crippen molar-refractivity contribution < 1.29 is 9.53 Å². The zero-order valence-electron chi connectivity index (χ0n) is 25.4. The number of fused-ring (bicyclic) bond motifs is 5. The molecule has 0 aliphatic heterocycles. The average molecular weight is 536 g/mol. The van der Waals surface area contributed by atoms with E-state index in [2.05, 4.69) is 52.8 Å². The van der Waals surface area contributed by atoms with Crippen LogP contribution in [0.25, 0.3) is 0 Å². The summed E-state index contributed by atoms with van der Waals surface area (Å²) < 4.78 is 5.98. The minimum atomic E-state index is -0.365. The lowest BCUT2D eigenvalue weighted by Crippen LogP contribution is -2.51. The maximum Gasteiger partial charge on any atom is 0.410 e. The van der Waals surface area contributed by atoms with E-state index in [0.29, 0.717) is 18.5 Å². The molecule has 3 fully saturated rings. The number of nitriles is 2. The van der Waals surface area contributed by atoms with E-state index < -0.39 is 0 Å². The number of hydrogen-bond donors (Lipinski definition) is 0. The summed E-state index contributed by atoms with van der Waals surface area (Å²) in [5.41, 5.74) is 2.26. The van der Waals surface area contributed by atoms with Gasteiger partial charge in [-0.15, -0.1) is 0 Å². The second-order valence-corrected chi connectivity index (χ2v) is 14.3. The molecule has 0 unspecified atom stereocenters. The van der Waals surface area contributed by atoms with Crippen LogP contribution in [-0.2, 0) is 4.74 Å². The van der Waals surface area contributed by atoms with Crippen LogP contribution in [0.4, 0.5) is 4.79 Å². The Hall–Kier alpha value is -2.01. The first-order chi connectivity index (χ1) is 18.6. The third-order valence-corrected chi connectivity index (χ3v) is 11.8. The minimum absolute atomic E-state index is 0.101. The third-order valence-electron chi connectivity index (χ3n) is 11.8. The molecule has 4 rings (SSSR count). The van der Waals surface area contributed by atoms with Crippen molar-refractivity contribution in [2.24, 2.45) is 46.3 Å². The highest BCUT2D eigenvalue weighted by Crippen LogP contribution is 2.67. The lowest BCUT2D eigenvalue weighted by molar-refractivity contribution is -0.0593. The van der Waals surface area contributed by atoms with Crippen LogP contribution in [0.3, 0.4) is 0 Å². The molecule has 4 aliphatic carbocycles. The smallest absolute Gasteiger partial charge is 0.410 e. The molecule has 0 spiro atoms. The number of ether oxygens (including phenoxy) is 1. The first-order valence-corrected chi connectivity index (χ1v) is 16.0. The number of hydrogen-bond acceptors (Lipinski definition) is 4. The van der Waals surface area contributed by atoms with Gasteiger partial charge in [0.05, 0.1) is 25.0 Å². The van der Waals surface area contributed by atoms with E-state index in [1.807, 2.05) is 0 Å². The molecule has 0 aromatic carbocycles. The highest BCUT2D eigenvalue weighted by atomic mass is 16.6. The largest absolute Gasteiger partial charge is 0.446 e. The summed E-state index contributed by atoms with van der Waals surface area (Å²) >= 11 is 0. The molecular formula is C34H53N3O2. The molecule has 0 aromatic heterocycles. The SMILES string of the molecule is CC(C)CCC[C@@H](C)[C@H]1CC[C@H]2[C@@H]3CC=C4C[C@@H](OC(=O)N(CCC#N)CCC#N)CC[C@]4(C)[C@H]3CC[C@]12C. The molecule has 0 bridgehead atoms. The van der Waals surface area contributed by atoms with Gasteiger partial charge in [0.25, 0.3) is 0 Å². The molecule has 3 saturated carbocycles. The zero-order valence-corrected chi connectivity index (χ0v) is 25.4. The first kappa shape index (κ1) is 30.0. The van der Waals surface area contributed by atoms with Crippen LogP contribution in [0.1, 0.15) is 118 Å². The fourth-order valence-electron chi connectivity index (χ4n) is 9.63. The Morgan fingerprint density at radius 2 is 1.74 bits per heavy atom. The lowest BCUT2D eigenvalue weighted by atomic mass is 9.47. The van der Waals surface area contributed by atoms with Gasteiger partial charge in [0.2, 0.25) is 0 Å². The van der Waals surface area contributed by atoms with Gasteiger partial charge in [-0.1, -0.05) is 65.5 Å². The van der Waals surface area contributed by atoms with Crippen LogP contribution in [0.2, 0.25) is 0 Å². The van der Waals surface area contributed by atoms with E-state index in [-0.39, 0.29) is 30.5 Å². The van der Waals surface area contributed by atoms with Gasteiger partial charge >= 0.3 is 6.09 Å². The van der Waals surface area contributed by atoms with Crippen molar-refractivity contribution in [3.8, 4) is 12.1 Å². The maximum atomic E-state index is 12.9. The van der Waals surface area contributed by atoms with E-state index in [1.165, 1.54) is 61.8 Å². The van der Waals surface area contributed by atoms with Crippen molar-refractivity contribution >= 4 is 6.09 Å². The number of nitrogens with zero attached hydrogens (tertiary/aromatic N) is 3. The molecule has 216 valence electrons.